The summed E-state index contributed by atoms with van der Waals surface area (Å²) in [6.07, 6.45) is 0.799. The van der Waals surface area contributed by atoms with Crippen molar-refractivity contribution < 1.29 is 14.3 Å². The molecule has 0 saturated heterocycles. The van der Waals surface area contributed by atoms with Gasteiger partial charge in [0.05, 0.1) is 19.9 Å². The van der Waals surface area contributed by atoms with Gasteiger partial charge in [0, 0.05) is 35.0 Å². The molecule has 0 atom stereocenters. The lowest BCUT2D eigenvalue weighted by Crippen LogP contribution is -2.31. The number of benzene rings is 2. The molecule has 2 aromatic carbocycles. The number of amides is 1. The maximum absolute atomic E-state index is 12.2. The van der Waals surface area contributed by atoms with E-state index in [1.807, 2.05) is 32.0 Å². The first-order chi connectivity index (χ1) is 13.3. The maximum Gasteiger partial charge on any atom is 0.269 e. The van der Waals surface area contributed by atoms with E-state index in [-0.39, 0.29) is 11.4 Å². The molecule has 0 aliphatic heterocycles. The first kappa shape index (κ1) is 21.0. The van der Waals surface area contributed by atoms with E-state index in [0.29, 0.717) is 29.3 Å². The van der Waals surface area contributed by atoms with Crippen LogP contribution < -0.4 is 32.0 Å². The number of carbonyl (C=O) groups is 1. The molecule has 0 saturated carbocycles. The monoisotopic (exact) mass is 384 g/mol. The molecule has 7 N–H and O–H groups in total. The molecule has 7 heteroatoms. The number of rotatable bonds is 7. The third-order valence-electron chi connectivity index (χ3n) is 4.49. The van der Waals surface area contributed by atoms with Crippen LogP contribution in [-0.4, -0.2) is 26.7 Å². The van der Waals surface area contributed by atoms with Crippen LogP contribution in [0.15, 0.2) is 36.0 Å². The Kier molecular flexibility index (Phi) is 6.76. The molecule has 150 valence electrons. The number of aryl methyl sites for hydroxylation is 1. The summed E-state index contributed by atoms with van der Waals surface area (Å²) in [6.45, 7) is 4.41. The average molecular weight is 384 g/mol. The molecule has 0 unspecified atom stereocenters. The minimum absolute atomic E-state index is 0.0587. The first-order valence-electron chi connectivity index (χ1n) is 9.00. The summed E-state index contributed by atoms with van der Waals surface area (Å²) in [5.74, 6) is 0.870. The van der Waals surface area contributed by atoms with E-state index in [4.69, 9.17) is 26.7 Å². The lowest BCUT2D eigenvalue weighted by molar-refractivity contribution is -0.117. The minimum atomic E-state index is -0.414. The molecule has 2 rings (SSSR count). The van der Waals surface area contributed by atoms with Crippen molar-refractivity contribution in [3.05, 3.63) is 47.2 Å². The van der Waals surface area contributed by atoms with E-state index in [0.717, 1.165) is 23.1 Å². The van der Waals surface area contributed by atoms with Gasteiger partial charge in [0.2, 0.25) is 0 Å². The van der Waals surface area contributed by atoms with Gasteiger partial charge in [-0.1, -0.05) is 19.1 Å². The number of carbonyl (C=O) groups excluding carboxylic acids is 1. The van der Waals surface area contributed by atoms with Gasteiger partial charge in [-0.25, -0.2) is 0 Å². The molecule has 1 amide bonds. The van der Waals surface area contributed by atoms with Crippen molar-refractivity contribution in [2.45, 2.75) is 20.3 Å². The Bertz CT molecular complexity index is 907. The minimum Gasteiger partial charge on any atom is -0.497 e. The van der Waals surface area contributed by atoms with E-state index >= 15 is 0 Å². The predicted molar refractivity (Wildman–Crippen MR) is 113 cm³/mol. The summed E-state index contributed by atoms with van der Waals surface area (Å²) in [5.41, 5.74) is 22.1. The molecule has 0 aliphatic rings. The third-order valence-corrected chi connectivity index (χ3v) is 4.49. The van der Waals surface area contributed by atoms with Gasteiger partial charge in [0.25, 0.3) is 5.91 Å². The lowest BCUT2D eigenvalue weighted by Gasteiger charge is -2.18. The van der Waals surface area contributed by atoms with Crippen LogP contribution in [0.25, 0.3) is 16.8 Å². The predicted octanol–water partition coefficient (Wildman–Crippen LogP) is 2.37. The zero-order chi connectivity index (χ0) is 20.8. The standard InChI is InChI=1S/C21H28N4O3/c1-5-10-25-21(26)20(24)19(23)15-8-6-12(2)17(18(15)22)14-9-7-13(27-3)11-16(14)28-4/h6-9,11H,5,10,22-24H2,1-4H3,(H,25,26)/b20-19+. The Hall–Kier alpha value is -3.35. The van der Waals surface area contributed by atoms with Gasteiger partial charge >= 0.3 is 0 Å². The molecule has 0 fully saturated rings. The van der Waals surface area contributed by atoms with Gasteiger partial charge in [-0.15, -0.1) is 0 Å². The average Bonchev–Trinajstić information content (AvgIpc) is 2.71. The van der Waals surface area contributed by atoms with E-state index in [1.54, 1.807) is 26.4 Å². The second kappa shape index (κ2) is 9.03. The Morgan fingerprint density at radius 2 is 1.82 bits per heavy atom. The topological polar surface area (TPSA) is 126 Å². The second-order valence-corrected chi connectivity index (χ2v) is 6.37. The summed E-state index contributed by atoms with van der Waals surface area (Å²) in [4.78, 5) is 12.2. The SMILES string of the molecule is CCCNC(=O)/C(N)=C(\N)c1ccc(C)c(-c2ccc(OC)cc2OC)c1N. The molecule has 0 bridgehead atoms. The first-order valence-corrected chi connectivity index (χ1v) is 9.00. The summed E-state index contributed by atoms with van der Waals surface area (Å²) in [6, 6.07) is 9.13. The van der Waals surface area contributed by atoms with Crippen molar-refractivity contribution in [2.24, 2.45) is 11.5 Å². The summed E-state index contributed by atoms with van der Waals surface area (Å²) < 4.78 is 10.8. The number of ether oxygens (including phenoxy) is 2. The zero-order valence-corrected chi connectivity index (χ0v) is 16.8. The Balaban J connectivity index is 2.61. The maximum atomic E-state index is 12.2. The van der Waals surface area contributed by atoms with Crippen LogP contribution in [0.1, 0.15) is 24.5 Å². The molecule has 28 heavy (non-hydrogen) atoms. The fraction of sp³-hybridized carbons (Fsp3) is 0.286. The van der Waals surface area contributed by atoms with Crippen LogP contribution in [0.3, 0.4) is 0 Å². The van der Waals surface area contributed by atoms with Crippen LogP contribution >= 0.6 is 0 Å². The van der Waals surface area contributed by atoms with Gasteiger partial charge in [-0.3, -0.25) is 4.79 Å². The number of hydrogen-bond acceptors (Lipinski definition) is 6. The molecule has 0 heterocycles. The number of anilines is 1. The molecule has 7 nitrogen and oxygen atoms in total. The summed E-state index contributed by atoms with van der Waals surface area (Å²) in [7, 11) is 3.17. The van der Waals surface area contributed by atoms with E-state index < -0.39 is 5.91 Å². The Morgan fingerprint density at radius 3 is 2.43 bits per heavy atom. The second-order valence-electron chi connectivity index (χ2n) is 6.37. The Morgan fingerprint density at radius 1 is 1.11 bits per heavy atom. The van der Waals surface area contributed by atoms with Crippen LogP contribution in [0, 0.1) is 6.92 Å². The van der Waals surface area contributed by atoms with Crippen molar-refractivity contribution >= 4 is 17.3 Å². The van der Waals surface area contributed by atoms with Crippen molar-refractivity contribution in [2.75, 3.05) is 26.5 Å². The van der Waals surface area contributed by atoms with Crippen molar-refractivity contribution in [1.29, 1.82) is 0 Å². The highest BCUT2D eigenvalue weighted by molar-refractivity contribution is 6.02. The lowest BCUT2D eigenvalue weighted by atomic mass is 9.93. The van der Waals surface area contributed by atoms with Crippen molar-refractivity contribution in [1.82, 2.24) is 5.32 Å². The summed E-state index contributed by atoms with van der Waals surface area (Å²) in [5, 5.41) is 2.71. The molecular weight excluding hydrogens is 356 g/mol. The van der Waals surface area contributed by atoms with E-state index in [2.05, 4.69) is 5.32 Å². The van der Waals surface area contributed by atoms with Crippen LogP contribution in [0.2, 0.25) is 0 Å². The molecule has 2 aromatic rings. The number of nitrogens with one attached hydrogen (secondary N) is 1. The number of nitrogens with two attached hydrogens (primary N) is 3. The van der Waals surface area contributed by atoms with Gasteiger partial charge in [0.1, 0.15) is 17.2 Å². The number of methoxy groups -OCH3 is 2. The van der Waals surface area contributed by atoms with Gasteiger partial charge in [-0.2, -0.15) is 0 Å². The molecule has 0 aliphatic carbocycles. The third kappa shape index (κ3) is 4.14. The van der Waals surface area contributed by atoms with E-state index in [9.17, 15) is 4.79 Å². The highest BCUT2D eigenvalue weighted by Crippen LogP contribution is 2.40. The summed E-state index contributed by atoms with van der Waals surface area (Å²) >= 11 is 0. The molecule has 0 radical (unpaired) electrons. The van der Waals surface area contributed by atoms with Gasteiger partial charge in [0.15, 0.2) is 0 Å². The van der Waals surface area contributed by atoms with Crippen molar-refractivity contribution in [3.8, 4) is 22.6 Å². The van der Waals surface area contributed by atoms with Crippen LogP contribution in [0.5, 0.6) is 11.5 Å². The van der Waals surface area contributed by atoms with Crippen LogP contribution in [-0.2, 0) is 4.79 Å². The van der Waals surface area contributed by atoms with Gasteiger partial charge < -0.3 is 32.0 Å². The normalized spacial score (nSPS) is 11.6. The fourth-order valence-corrected chi connectivity index (χ4v) is 2.93. The fourth-order valence-electron chi connectivity index (χ4n) is 2.93. The molecular formula is C21H28N4O3. The van der Waals surface area contributed by atoms with Gasteiger partial charge in [-0.05, 0) is 31.0 Å². The highest BCUT2D eigenvalue weighted by atomic mass is 16.5. The molecule has 0 aromatic heterocycles. The highest BCUT2D eigenvalue weighted by Gasteiger charge is 2.19. The largest absolute Gasteiger partial charge is 0.497 e. The smallest absolute Gasteiger partial charge is 0.269 e. The zero-order valence-electron chi connectivity index (χ0n) is 16.8. The van der Waals surface area contributed by atoms with Crippen LogP contribution in [0.4, 0.5) is 5.69 Å². The number of nitrogen functional groups attached to an aromatic ring is 1. The Labute approximate surface area is 165 Å². The quantitative estimate of drug-likeness (QED) is 0.429. The van der Waals surface area contributed by atoms with Crippen molar-refractivity contribution in [3.63, 3.8) is 0 Å². The number of hydrogen-bond donors (Lipinski definition) is 4. The van der Waals surface area contributed by atoms with E-state index in [1.165, 1.54) is 0 Å². The molecule has 0 spiro atoms.